The fraction of sp³-hybridized carbons (Fsp3) is 0.381. The molecule has 1 N–H and O–H groups in total. The number of carbonyl (C=O) groups is 1. The topological polar surface area (TPSA) is 38.3 Å². The van der Waals surface area contributed by atoms with Gasteiger partial charge < -0.3 is 26.9 Å². The Balaban J connectivity index is 0.00000280. The Labute approximate surface area is 182 Å². The zero-order valence-electron chi connectivity index (χ0n) is 16.1. The second kappa shape index (κ2) is 9.95. The number of nitrogens with one attached hydrogen (secondary N) is 1. The summed E-state index contributed by atoms with van der Waals surface area (Å²) in [5.74, 6) is -0.231. The average Bonchev–Trinajstić information content (AvgIpc) is 2.63. The Morgan fingerprint density at radius 3 is 2.21 bits per heavy atom. The van der Waals surface area contributed by atoms with Gasteiger partial charge in [0.05, 0.1) is 33.4 Å². The quantitative estimate of drug-likeness (QED) is 0.718. The lowest BCUT2D eigenvalue weighted by Gasteiger charge is -2.40. The molecule has 0 atom stereocenters. The van der Waals surface area contributed by atoms with Gasteiger partial charge in [-0.15, -0.1) is 0 Å². The number of hydrogen-bond acceptors (Lipinski definition) is 2. The van der Waals surface area contributed by atoms with Crippen LogP contribution in [0.3, 0.4) is 0 Å². The second-order valence-electron chi connectivity index (χ2n) is 7.59. The first-order valence-electron chi connectivity index (χ1n) is 9.10. The van der Waals surface area contributed by atoms with Crippen LogP contribution in [-0.4, -0.2) is 43.7 Å². The molecule has 1 saturated heterocycles. The molecule has 0 aromatic heterocycles. The fourth-order valence-electron chi connectivity index (χ4n) is 3.57. The molecule has 28 heavy (non-hydrogen) atoms. The molecule has 0 bridgehead atoms. The molecule has 1 fully saturated rings. The summed E-state index contributed by atoms with van der Waals surface area (Å²) in [5.41, 5.74) is 2.43. The van der Waals surface area contributed by atoms with E-state index in [-0.39, 0.29) is 18.3 Å². The van der Waals surface area contributed by atoms with Crippen molar-refractivity contribution >= 4 is 34.8 Å². The number of halogens is 3. The van der Waals surface area contributed by atoms with Gasteiger partial charge in [0.2, 0.25) is 0 Å². The van der Waals surface area contributed by atoms with Crippen LogP contribution < -0.4 is 17.7 Å². The van der Waals surface area contributed by atoms with Gasteiger partial charge in [-0.3, -0.25) is 4.79 Å². The number of nitrogens with zero attached hydrogens (tertiary/aromatic N) is 1. The smallest absolute Gasteiger partial charge is 0.255 e. The number of ether oxygens (including phenoxy) is 1. The molecule has 1 aliphatic rings. The highest BCUT2D eigenvalue weighted by atomic mass is 35.5. The third kappa shape index (κ3) is 6.10. The molecule has 7 heteroatoms. The Morgan fingerprint density at radius 1 is 1.07 bits per heavy atom. The van der Waals surface area contributed by atoms with Gasteiger partial charge in [0.25, 0.3) is 5.91 Å². The zero-order chi connectivity index (χ0) is 19.4. The fourth-order valence-corrected chi connectivity index (χ4v) is 4.09. The number of hydrogen-bond donors (Lipinski definition) is 1. The lowest BCUT2D eigenvalue weighted by atomic mass is 10.0. The van der Waals surface area contributed by atoms with E-state index < -0.39 is 0 Å². The summed E-state index contributed by atoms with van der Waals surface area (Å²) in [6, 6.07) is 13.4. The van der Waals surface area contributed by atoms with Crippen LogP contribution in [0, 0.1) is 0 Å². The summed E-state index contributed by atoms with van der Waals surface area (Å²) in [4.78, 5) is 12.4. The molecular weight excluding hydrogens is 419 g/mol. The van der Waals surface area contributed by atoms with Crippen LogP contribution in [-0.2, 0) is 11.3 Å². The molecule has 0 radical (unpaired) electrons. The summed E-state index contributed by atoms with van der Waals surface area (Å²) >= 11 is 11.9. The van der Waals surface area contributed by atoms with Gasteiger partial charge in [0, 0.05) is 39.7 Å². The van der Waals surface area contributed by atoms with Crippen molar-refractivity contribution in [3.8, 4) is 0 Å². The lowest BCUT2D eigenvalue weighted by Crippen LogP contribution is -3.00. The molecule has 2 aromatic rings. The molecule has 152 valence electrons. The van der Waals surface area contributed by atoms with Crippen molar-refractivity contribution in [3.63, 3.8) is 0 Å². The highest BCUT2D eigenvalue weighted by Gasteiger charge is 2.30. The summed E-state index contributed by atoms with van der Waals surface area (Å²) in [5, 5.41) is 3.77. The number of carbonyl (C=O) groups excluding carboxylic acids is 1. The maximum Gasteiger partial charge on any atom is 0.255 e. The summed E-state index contributed by atoms with van der Waals surface area (Å²) in [6.45, 7) is 2.65. The first-order chi connectivity index (χ1) is 12.8. The molecule has 0 aliphatic carbocycles. The standard InChI is InChI=1S/C21H24Cl2N2O2.ClH/c1-25(2,20-7-9-27-10-8-20)14-15-3-5-19(6-4-15)24-21(26)16-11-17(22)13-18(23)12-16;/h3-6,11-13,20H,7-10,14H2,1-2H3;1H. The third-order valence-electron chi connectivity index (χ3n) is 5.11. The van der Waals surface area contributed by atoms with Crippen LogP contribution in [0.1, 0.15) is 28.8 Å². The predicted octanol–water partition coefficient (Wildman–Crippen LogP) is 2.01. The van der Waals surface area contributed by atoms with E-state index >= 15 is 0 Å². The van der Waals surface area contributed by atoms with E-state index in [1.165, 1.54) is 5.56 Å². The highest BCUT2D eigenvalue weighted by Crippen LogP contribution is 2.23. The van der Waals surface area contributed by atoms with E-state index in [2.05, 4.69) is 31.5 Å². The molecule has 2 aromatic carbocycles. The van der Waals surface area contributed by atoms with Gasteiger partial charge in [0.15, 0.2) is 0 Å². The van der Waals surface area contributed by atoms with Crippen LogP contribution in [0.15, 0.2) is 42.5 Å². The lowest BCUT2D eigenvalue weighted by molar-refractivity contribution is -0.929. The van der Waals surface area contributed by atoms with Crippen LogP contribution in [0.25, 0.3) is 0 Å². The van der Waals surface area contributed by atoms with Gasteiger partial charge in [-0.2, -0.15) is 0 Å². The number of rotatable bonds is 5. The van der Waals surface area contributed by atoms with Gasteiger partial charge in [-0.25, -0.2) is 0 Å². The second-order valence-corrected chi connectivity index (χ2v) is 8.46. The Bertz CT molecular complexity index is 784. The molecule has 0 saturated carbocycles. The van der Waals surface area contributed by atoms with Crippen LogP contribution in [0.4, 0.5) is 5.69 Å². The molecule has 1 aliphatic heterocycles. The molecule has 1 amide bonds. The van der Waals surface area contributed by atoms with E-state index in [9.17, 15) is 4.79 Å². The minimum atomic E-state index is -0.231. The SMILES string of the molecule is C[N+](C)(Cc1ccc(NC(=O)c2cc(Cl)cc(Cl)c2)cc1)C1CCOCC1.[Cl-]. The molecule has 0 spiro atoms. The number of anilines is 1. The molecule has 1 heterocycles. The molecule has 4 nitrogen and oxygen atoms in total. The Kier molecular flexibility index (Phi) is 8.17. The first-order valence-corrected chi connectivity index (χ1v) is 9.86. The van der Waals surface area contributed by atoms with E-state index in [1.54, 1.807) is 18.2 Å². The Hall–Kier alpha value is -1.30. The van der Waals surface area contributed by atoms with Crippen molar-refractivity contribution in [2.24, 2.45) is 0 Å². The summed E-state index contributed by atoms with van der Waals surface area (Å²) < 4.78 is 6.42. The van der Waals surface area contributed by atoms with Crippen molar-refractivity contribution in [2.75, 3.05) is 32.6 Å². The van der Waals surface area contributed by atoms with Crippen LogP contribution in [0.5, 0.6) is 0 Å². The third-order valence-corrected chi connectivity index (χ3v) is 5.54. The first kappa shape index (κ1) is 23.0. The molecular formula is C21H25Cl3N2O2. The number of amides is 1. The molecule has 0 unspecified atom stereocenters. The zero-order valence-corrected chi connectivity index (χ0v) is 18.3. The molecule has 3 rings (SSSR count). The minimum Gasteiger partial charge on any atom is -1.00 e. The predicted molar refractivity (Wildman–Crippen MR) is 111 cm³/mol. The van der Waals surface area contributed by atoms with Crippen molar-refractivity contribution in [1.29, 1.82) is 0 Å². The normalized spacial score (nSPS) is 15.0. The monoisotopic (exact) mass is 442 g/mol. The summed E-state index contributed by atoms with van der Waals surface area (Å²) in [7, 11) is 4.54. The van der Waals surface area contributed by atoms with Crippen molar-refractivity contribution in [3.05, 3.63) is 63.6 Å². The van der Waals surface area contributed by atoms with E-state index in [0.29, 0.717) is 21.7 Å². The average molecular weight is 444 g/mol. The maximum atomic E-state index is 12.4. The van der Waals surface area contributed by atoms with Crippen molar-refractivity contribution < 1.29 is 26.4 Å². The van der Waals surface area contributed by atoms with Crippen molar-refractivity contribution in [2.45, 2.75) is 25.4 Å². The number of benzene rings is 2. The largest absolute Gasteiger partial charge is 1.00 e. The van der Waals surface area contributed by atoms with E-state index in [1.807, 2.05) is 12.1 Å². The van der Waals surface area contributed by atoms with E-state index in [4.69, 9.17) is 27.9 Å². The van der Waals surface area contributed by atoms with Gasteiger partial charge in [0.1, 0.15) is 6.54 Å². The number of quaternary nitrogens is 1. The Morgan fingerprint density at radius 2 is 1.64 bits per heavy atom. The van der Waals surface area contributed by atoms with Crippen LogP contribution in [0.2, 0.25) is 10.0 Å². The van der Waals surface area contributed by atoms with E-state index in [0.717, 1.165) is 42.8 Å². The van der Waals surface area contributed by atoms with Gasteiger partial charge >= 0.3 is 0 Å². The van der Waals surface area contributed by atoms with Gasteiger partial charge in [-0.05, 0) is 30.3 Å². The minimum absolute atomic E-state index is 0. The highest BCUT2D eigenvalue weighted by molar-refractivity contribution is 6.35. The van der Waals surface area contributed by atoms with Crippen molar-refractivity contribution in [1.82, 2.24) is 0 Å². The van der Waals surface area contributed by atoms with Crippen LogP contribution >= 0.6 is 23.2 Å². The maximum absolute atomic E-state index is 12.4. The van der Waals surface area contributed by atoms with Gasteiger partial charge in [-0.1, -0.05) is 35.3 Å². The summed E-state index contributed by atoms with van der Waals surface area (Å²) in [6.07, 6.45) is 2.20.